The van der Waals surface area contributed by atoms with Crippen molar-refractivity contribution in [2.24, 2.45) is 4.99 Å². The topological polar surface area (TPSA) is 68.8 Å². The van der Waals surface area contributed by atoms with Crippen molar-refractivity contribution in [2.75, 3.05) is 10.3 Å². The molecule has 2 unspecified atom stereocenters. The molecule has 3 aromatic carbocycles. The van der Waals surface area contributed by atoms with Crippen LogP contribution in [0.5, 0.6) is 0 Å². The van der Waals surface area contributed by atoms with Gasteiger partial charge in [-0.25, -0.2) is 14.8 Å². The van der Waals surface area contributed by atoms with Gasteiger partial charge >= 0.3 is 12.4 Å². The van der Waals surface area contributed by atoms with E-state index in [-0.39, 0.29) is 16.9 Å². The molecule has 1 aliphatic rings. The number of amides is 1. The summed E-state index contributed by atoms with van der Waals surface area (Å²) in [6, 6.07) is 12.1. The lowest BCUT2D eigenvalue weighted by Crippen LogP contribution is -2.45. The second kappa shape index (κ2) is 11.1. The van der Waals surface area contributed by atoms with E-state index in [2.05, 4.69) is 21.1 Å². The lowest BCUT2D eigenvalue weighted by atomic mass is 10.2. The number of benzene rings is 3. The molecular weight excluding hydrogens is 555 g/mol. The zero-order chi connectivity index (χ0) is 28.4. The smallest absolute Gasteiger partial charge is 0.326 e. The van der Waals surface area contributed by atoms with Crippen LogP contribution in [0.15, 0.2) is 77.8 Å². The second-order valence-electron chi connectivity index (χ2n) is 8.43. The van der Waals surface area contributed by atoms with Crippen molar-refractivity contribution in [3.63, 3.8) is 0 Å². The summed E-state index contributed by atoms with van der Waals surface area (Å²) in [5.41, 5.74) is 1.39. The maximum Gasteiger partial charge on any atom is 0.416 e. The molecule has 14 heteroatoms. The summed E-state index contributed by atoms with van der Waals surface area (Å²) in [4.78, 5) is 17.1. The molecule has 1 heterocycles. The summed E-state index contributed by atoms with van der Waals surface area (Å²) in [5.74, 6) is -1.79. The molecule has 0 bridgehead atoms. The maximum atomic E-state index is 13.6. The third kappa shape index (κ3) is 7.18. The molecule has 0 aromatic heterocycles. The van der Waals surface area contributed by atoms with Crippen LogP contribution in [-0.4, -0.2) is 30.3 Å². The number of halogens is 8. The molecule has 206 valence electrons. The quantitative estimate of drug-likeness (QED) is 0.193. The third-order valence-electron chi connectivity index (χ3n) is 5.61. The van der Waals surface area contributed by atoms with Gasteiger partial charge in [0, 0.05) is 22.7 Å². The summed E-state index contributed by atoms with van der Waals surface area (Å²) in [7, 11) is 0. The van der Waals surface area contributed by atoms with E-state index in [1.807, 2.05) is 0 Å². The normalized spacial score (nSPS) is 18.3. The van der Waals surface area contributed by atoms with Crippen LogP contribution >= 0.6 is 11.6 Å². The SMILES string of the molecule is O=C(NC(=NC1CC(C(F)(F)F)NN1c1ccc(F)cc1)Nc1cccc(C(F)(F)F)c1)c1ccc(Cl)cc1. The zero-order valence-corrected chi connectivity index (χ0v) is 20.4. The van der Waals surface area contributed by atoms with Gasteiger partial charge in [-0.3, -0.25) is 15.1 Å². The number of hydrogen-bond donors (Lipinski definition) is 3. The number of nitrogens with one attached hydrogen (secondary N) is 3. The fraction of sp³-hybridized carbons (Fsp3) is 0.200. The monoisotopic (exact) mass is 573 g/mol. The lowest BCUT2D eigenvalue weighted by molar-refractivity contribution is -0.152. The van der Waals surface area contributed by atoms with E-state index in [1.54, 1.807) is 0 Å². The number of hydrogen-bond acceptors (Lipinski definition) is 4. The van der Waals surface area contributed by atoms with E-state index in [0.29, 0.717) is 5.02 Å². The Balaban J connectivity index is 1.71. The molecule has 3 N–H and O–H groups in total. The van der Waals surface area contributed by atoms with Crippen molar-refractivity contribution in [2.45, 2.75) is 31.0 Å². The molecule has 0 aliphatic carbocycles. The third-order valence-corrected chi connectivity index (χ3v) is 5.86. The summed E-state index contributed by atoms with van der Waals surface area (Å²) in [5, 5.41) is 6.34. The lowest BCUT2D eigenvalue weighted by Gasteiger charge is -2.25. The average molecular weight is 574 g/mol. The van der Waals surface area contributed by atoms with Gasteiger partial charge in [-0.1, -0.05) is 17.7 Å². The number of anilines is 2. The first-order chi connectivity index (χ1) is 18.3. The van der Waals surface area contributed by atoms with Crippen molar-refractivity contribution >= 4 is 34.8 Å². The largest absolute Gasteiger partial charge is 0.416 e. The van der Waals surface area contributed by atoms with Gasteiger partial charge in [-0.15, -0.1) is 0 Å². The van der Waals surface area contributed by atoms with Crippen molar-refractivity contribution in [3.8, 4) is 0 Å². The summed E-state index contributed by atoms with van der Waals surface area (Å²) < 4.78 is 93.9. The molecule has 1 aliphatic heterocycles. The summed E-state index contributed by atoms with van der Waals surface area (Å²) >= 11 is 5.84. The zero-order valence-electron chi connectivity index (χ0n) is 19.6. The van der Waals surface area contributed by atoms with Gasteiger partial charge in [0.25, 0.3) is 5.91 Å². The number of alkyl halides is 6. The maximum absolute atomic E-state index is 13.6. The highest BCUT2D eigenvalue weighted by atomic mass is 35.5. The van der Waals surface area contributed by atoms with Crippen LogP contribution < -0.4 is 21.1 Å². The number of nitrogens with zero attached hydrogens (tertiary/aromatic N) is 2. The highest BCUT2D eigenvalue weighted by Crippen LogP contribution is 2.33. The first-order valence-corrected chi connectivity index (χ1v) is 11.6. The van der Waals surface area contributed by atoms with E-state index in [9.17, 15) is 35.5 Å². The van der Waals surface area contributed by atoms with Crippen LogP contribution in [0.1, 0.15) is 22.3 Å². The highest BCUT2D eigenvalue weighted by Gasteiger charge is 2.48. The fourth-order valence-electron chi connectivity index (χ4n) is 3.72. The number of aliphatic imine (C=N–C) groups is 1. The predicted molar refractivity (Wildman–Crippen MR) is 132 cm³/mol. The van der Waals surface area contributed by atoms with E-state index < -0.39 is 54.2 Å². The van der Waals surface area contributed by atoms with Gasteiger partial charge < -0.3 is 5.32 Å². The molecule has 4 rings (SSSR count). The van der Waals surface area contributed by atoms with Crippen LogP contribution in [0, 0.1) is 5.82 Å². The van der Waals surface area contributed by atoms with Gasteiger partial charge in [0.2, 0.25) is 5.96 Å². The minimum Gasteiger partial charge on any atom is -0.326 e. The number of guanidine groups is 1. The molecule has 39 heavy (non-hydrogen) atoms. The number of rotatable bonds is 4. The van der Waals surface area contributed by atoms with Crippen molar-refractivity contribution in [1.82, 2.24) is 10.7 Å². The summed E-state index contributed by atoms with van der Waals surface area (Å²) in [6.45, 7) is 0. The Morgan fingerprint density at radius 1 is 0.974 bits per heavy atom. The first kappa shape index (κ1) is 28.2. The van der Waals surface area contributed by atoms with E-state index >= 15 is 0 Å². The Bertz CT molecular complexity index is 1340. The Hall–Kier alpha value is -3.84. The van der Waals surface area contributed by atoms with Gasteiger partial charge in [-0.05, 0) is 66.7 Å². The number of carbonyl (C=O) groups excluding carboxylic acids is 1. The molecule has 0 spiro atoms. The summed E-state index contributed by atoms with van der Waals surface area (Å²) in [6.07, 6.45) is -11.3. The Labute approximate surface area is 222 Å². The molecule has 0 saturated carbocycles. The Morgan fingerprint density at radius 3 is 2.26 bits per heavy atom. The van der Waals surface area contributed by atoms with Gasteiger partial charge in [0.1, 0.15) is 18.0 Å². The van der Waals surface area contributed by atoms with Gasteiger partial charge in [0.15, 0.2) is 0 Å². The van der Waals surface area contributed by atoms with E-state index in [1.165, 1.54) is 42.5 Å². The Kier molecular flexibility index (Phi) is 8.02. The molecule has 1 amide bonds. The average Bonchev–Trinajstić information content (AvgIpc) is 3.29. The fourth-order valence-corrected chi connectivity index (χ4v) is 3.85. The molecular formula is C25H19ClF7N5O. The predicted octanol–water partition coefficient (Wildman–Crippen LogP) is 6.37. The van der Waals surface area contributed by atoms with Crippen molar-refractivity contribution in [1.29, 1.82) is 0 Å². The minimum absolute atomic E-state index is 0.103. The Morgan fingerprint density at radius 2 is 1.64 bits per heavy atom. The molecule has 2 atom stereocenters. The van der Waals surface area contributed by atoms with Crippen LogP contribution in [-0.2, 0) is 6.18 Å². The standard InChI is InChI=1S/C25H19ClF7N5O/c26-16-6-4-14(5-7-16)22(39)36-23(34-18-3-1-2-15(12-18)24(28,29)30)35-21-13-20(25(31,32)33)37-38(21)19-10-8-17(27)9-11-19/h1-12,20-21,37H,13H2,(H2,34,35,36,39). The minimum atomic E-state index is -4.68. The van der Waals surface area contributed by atoms with E-state index in [4.69, 9.17) is 11.6 Å². The van der Waals surface area contributed by atoms with Crippen molar-refractivity contribution in [3.05, 3.63) is 94.8 Å². The molecule has 0 radical (unpaired) electrons. The first-order valence-electron chi connectivity index (χ1n) is 11.3. The molecule has 1 saturated heterocycles. The highest BCUT2D eigenvalue weighted by molar-refractivity contribution is 6.30. The molecule has 1 fully saturated rings. The van der Waals surface area contributed by atoms with E-state index in [0.717, 1.165) is 35.3 Å². The number of hydrazine groups is 1. The van der Waals surface area contributed by atoms with Crippen LogP contribution in [0.4, 0.5) is 42.1 Å². The van der Waals surface area contributed by atoms with Gasteiger partial charge in [0.05, 0.1) is 11.3 Å². The van der Waals surface area contributed by atoms with Crippen LogP contribution in [0.2, 0.25) is 5.02 Å². The molecule has 6 nitrogen and oxygen atoms in total. The molecule has 3 aromatic rings. The number of carbonyl (C=O) groups is 1. The van der Waals surface area contributed by atoms with Crippen molar-refractivity contribution < 1.29 is 35.5 Å². The van der Waals surface area contributed by atoms with Gasteiger partial charge in [-0.2, -0.15) is 26.3 Å². The van der Waals surface area contributed by atoms with Crippen LogP contribution in [0.3, 0.4) is 0 Å². The second-order valence-corrected chi connectivity index (χ2v) is 8.86. The van der Waals surface area contributed by atoms with Crippen LogP contribution in [0.25, 0.3) is 0 Å².